The van der Waals surface area contributed by atoms with Gasteiger partial charge in [-0.1, -0.05) is 42.0 Å². The van der Waals surface area contributed by atoms with Crippen molar-refractivity contribution in [1.82, 2.24) is 9.97 Å². The molecule has 0 aliphatic rings. The second-order valence-electron chi connectivity index (χ2n) is 7.63. The highest BCUT2D eigenvalue weighted by molar-refractivity contribution is 6.06. The van der Waals surface area contributed by atoms with E-state index in [0.29, 0.717) is 18.1 Å². The van der Waals surface area contributed by atoms with Crippen molar-refractivity contribution in [2.45, 2.75) is 34.3 Å². The predicted octanol–water partition coefficient (Wildman–Crippen LogP) is 5.63. The summed E-state index contributed by atoms with van der Waals surface area (Å²) in [4.78, 5) is 20.6. The number of carbonyl (C=O) groups excluding carboxylic acids is 1. The maximum atomic E-state index is 12.8. The molecule has 2 aromatic carbocycles. The van der Waals surface area contributed by atoms with Crippen molar-refractivity contribution >= 4 is 22.6 Å². The third-order valence-electron chi connectivity index (χ3n) is 5.35. The van der Waals surface area contributed by atoms with Gasteiger partial charge in [0.05, 0.1) is 5.69 Å². The molecule has 0 aliphatic carbocycles. The second kappa shape index (κ2) is 8.03. The Labute approximate surface area is 176 Å². The number of carbonyl (C=O) groups is 1. The van der Waals surface area contributed by atoms with E-state index in [4.69, 9.17) is 4.74 Å². The van der Waals surface area contributed by atoms with Crippen LogP contribution in [0.1, 0.15) is 38.4 Å². The zero-order valence-corrected chi connectivity index (χ0v) is 17.7. The molecule has 0 atom stereocenters. The number of nitrogens with one attached hydrogen (secondary N) is 2. The molecule has 5 heteroatoms. The van der Waals surface area contributed by atoms with Crippen molar-refractivity contribution in [2.24, 2.45) is 0 Å². The van der Waals surface area contributed by atoms with Crippen LogP contribution in [0.2, 0.25) is 0 Å². The van der Waals surface area contributed by atoms with Gasteiger partial charge < -0.3 is 15.0 Å². The predicted molar refractivity (Wildman–Crippen MR) is 120 cm³/mol. The molecule has 5 nitrogen and oxygen atoms in total. The van der Waals surface area contributed by atoms with Crippen LogP contribution in [0.3, 0.4) is 0 Å². The summed E-state index contributed by atoms with van der Waals surface area (Å²) in [5, 5.41) is 3.96. The zero-order chi connectivity index (χ0) is 21.3. The van der Waals surface area contributed by atoms with Crippen molar-refractivity contribution in [3.05, 3.63) is 88.2 Å². The fourth-order valence-electron chi connectivity index (χ4n) is 3.53. The van der Waals surface area contributed by atoms with Crippen LogP contribution in [0, 0.1) is 27.7 Å². The number of rotatable bonds is 5. The Kier molecular flexibility index (Phi) is 5.27. The number of anilines is 1. The average molecular weight is 399 g/mol. The summed E-state index contributed by atoms with van der Waals surface area (Å²) >= 11 is 0. The van der Waals surface area contributed by atoms with Gasteiger partial charge in [0, 0.05) is 10.9 Å². The Morgan fingerprint density at radius 2 is 1.77 bits per heavy atom. The van der Waals surface area contributed by atoms with E-state index in [1.54, 1.807) is 0 Å². The Morgan fingerprint density at radius 3 is 2.53 bits per heavy atom. The number of H-pyrrole nitrogens is 1. The normalized spacial score (nSPS) is 10.9. The van der Waals surface area contributed by atoms with Crippen LogP contribution in [0.5, 0.6) is 5.75 Å². The number of hydrogen-bond donors (Lipinski definition) is 2. The summed E-state index contributed by atoms with van der Waals surface area (Å²) in [5.74, 6) is 1.10. The molecule has 2 aromatic heterocycles. The summed E-state index contributed by atoms with van der Waals surface area (Å²) in [6.45, 7) is 8.34. The molecule has 0 saturated carbocycles. The first-order valence-corrected chi connectivity index (χ1v) is 9.97. The number of hydrogen-bond acceptors (Lipinski definition) is 3. The van der Waals surface area contributed by atoms with Gasteiger partial charge in [-0.2, -0.15) is 0 Å². The van der Waals surface area contributed by atoms with Crippen molar-refractivity contribution in [1.29, 1.82) is 0 Å². The Balaban J connectivity index is 1.55. The quantitative estimate of drug-likeness (QED) is 0.457. The zero-order valence-electron chi connectivity index (χ0n) is 17.7. The lowest BCUT2D eigenvalue weighted by Crippen LogP contribution is -2.16. The van der Waals surface area contributed by atoms with Crippen molar-refractivity contribution in [2.75, 3.05) is 5.32 Å². The highest BCUT2D eigenvalue weighted by atomic mass is 16.5. The van der Waals surface area contributed by atoms with Gasteiger partial charge in [0.2, 0.25) is 0 Å². The lowest BCUT2D eigenvalue weighted by atomic mass is 10.1. The van der Waals surface area contributed by atoms with Crippen LogP contribution < -0.4 is 10.1 Å². The maximum Gasteiger partial charge on any atom is 0.273 e. The van der Waals surface area contributed by atoms with E-state index >= 15 is 0 Å². The van der Waals surface area contributed by atoms with Crippen molar-refractivity contribution in [3.63, 3.8) is 0 Å². The minimum absolute atomic E-state index is 0.212. The maximum absolute atomic E-state index is 12.8. The number of aromatic amines is 1. The number of nitrogens with zero attached hydrogens (tertiary/aromatic N) is 1. The van der Waals surface area contributed by atoms with E-state index in [9.17, 15) is 4.79 Å². The number of ether oxygens (including phenoxy) is 1. The molecule has 0 spiro atoms. The standard InChI is InChI=1S/C25H25N3O2/c1-15-10-11-21-20(12-15)13-22(27-21)25(29)28-24-17(3)16(2)23(18(4)26-24)30-14-19-8-6-5-7-9-19/h5-13,27H,14H2,1-4H3,(H,26,28,29). The molecule has 2 heterocycles. The van der Waals surface area contributed by atoms with Gasteiger partial charge in [0.15, 0.2) is 0 Å². The molecular weight excluding hydrogens is 374 g/mol. The molecule has 4 rings (SSSR count). The molecule has 0 saturated heterocycles. The highest BCUT2D eigenvalue weighted by Crippen LogP contribution is 2.30. The Morgan fingerprint density at radius 1 is 1.00 bits per heavy atom. The summed E-state index contributed by atoms with van der Waals surface area (Å²) in [7, 11) is 0. The van der Waals surface area contributed by atoms with E-state index in [0.717, 1.165) is 44.6 Å². The van der Waals surface area contributed by atoms with Gasteiger partial charge in [-0.3, -0.25) is 4.79 Å². The first-order valence-electron chi connectivity index (χ1n) is 9.97. The minimum Gasteiger partial charge on any atom is -0.487 e. The lowest BCUT2D eigenvalue weighted by Gasteiger charge is -2.17. The fraction of sp³-hybridized carbons (Fsp3) is 0.200. The SMILES string of the molecule is Cc1ccc2[nH]c(C(=O)Nc3nc(C)c(OCc4ccccc4)c(C)c3C)cc2c1. The van der Waals surface area contributed by atoms with Crippen LogP contribution >= 0.6 is 0 Å². The van der Waals surface area contributed by atoms with Gasteiger partial charge in [0.25, 0.3) is 5.91 Å². The van der Waals surface area contributed by atoms with Crippen LogP contribution in [-0.2, 0) is 6.61 Å². The number of fused-ring (bicyclic) bond motifs is 1. The fourth-order valence-corrected chi connectivity index (χ4v) is 3.53. The van der Waals surface area contributed by atoms with Crippen LogP contribution in [0.15, 0.2) is 54.6 Å². The van der Waals surface area contributed by atoms with E-state index in [1.165, 1.54) is 0 Å². The minimum atomic E-state index is -0.212. The highest BCUT2D eigenvalue weighted by Gasteiger charge is 2.17. The van der Waals surface area contributed by atoms with Gasteiger partial charge in [-0.25, -0.2) is 4.98 Å². The number of amides is 1. The van der Waals surface area contributed by atoms with Gasteiger partial charge >= 0.3 is 0 Å². The Bertz CT molecular complexity index is 1230. The van der Waals surface area contributed by atoms with E-state index in [2.05, 4.69) is 21.4 Å². The molecule has 0 bridgehead atoms. The first-order chi connectivity index (χ1) is 14.4. The third kappa shape index (κ3) is 3.92. The van der Waals surface area contributed by atoms with Crippen molar-refractivity contribution < 1.29 is 9.53 Å². The summed E-state index contributed by atoms with van der Waals surface area (Å²) in [6, 6.07) is 18.0. The summed E-state index contributed by atoms with van der Waals surface area (Å²) in [5.41, 5.74) is 6.31. The molecule has 0 aliphatic heterocycles. The van der Waals surface area contributed by atoms with E-state index < -0.39 is 0 Å². The topological polar surface area (TPSA) is 67.0 Å². The smallest absolute Gasteiger partial charge is 0.273 e. The first kappa shape index (κ1) is 19.7. The lowest BCUT2D eigenvalue weighted by molar-refractivity contribution is 0.102. The molecule has 30 heavy (non-hydrogen) atoms. The summed E-state index contributed by atoms with van der Waals surface area (Å²) < 4.78 is 6.05. The number of benzene rings is 2. The van der Waals surface area contributed by atoms with Crippen LogP contribution in [0.4, 0.5) is 5.82 Å². The van der Waals surface area contributed by atoms with Crippen molar-refractivity contribution in [3.8, 4) is 5.75 Å². The molecule has 0 radical (unpaired) electrons. The molecule has 2 N–H and O–H groups in total. The van der Waals surface area contributed by atoms with E-state index in [1.807, 2.05) is 76.2 Å². The molecule has 152 valence electrons. The molecule has 0 unspecified atom stereocenters. The van der Waals surface area contributed by atoms with Gasteiger partial charge in [-0.05, 0) is 62.6 Å². The van der Waals surface area contributed by atoms with Gasteiger partial charge in [0.1, 0.15) is 23.9 Å². The summed E-state index contributed by atoms with van der Waals surface area (Å²) in [6.07, 6.45) is 0. The number of aromatic nitrogens is 2. The molecular formula is C25H25N3O2. The third-order valence-corrected chi connectivity index (χ3v) is 5.35. The average Bonchev–Trinajstić information content (AvgIpc) is 3.16. The van der Waals surface area contributed by atoms with Gasteiger partial charge in [-0.15, -0.1) is 0 Å². The molecule has 0 fully saturated rings. The Hall–Kier alpha value is -3.60. The van der Waals surface area contributed by atoms with Crippen LogP contribution in [0.25, 0.3) is 10.9 Å². The molecule has 1 amide bonds. The molecule has 4 aromatic rings. The number of pyridine rings is 1. The van der Waals surface area contributed by atoms with Crippen LogP contribution in [-0.4, -0.2) is 15.9 Å². The largest absolute Gasteiger partial charge is 0.487 e. The van der Waals surface area contributed by atoms with E-state index in [-0.39, 0.29) is 5.91 Å². The number of aryl methyl sites for hydroxylation is 2. The second-order valence-corrected chi connectivity index (χ2v) is 7.63. The monoisotopic (exact) mass is 399 g/mol.